The van der Waals surface area contributed by atoms with Crippen LogP contribution in [0.15, 0.2) is 47.4 Å². The second kappa shape index (κ2) is 8.81. The largest absolute Gasteiger partial charge is 0.494 e. The molecule has 0 fully saturated rings. The topological polar surface area (TPSA) is 119 Å². The summed E-state index contributed by atoms with van der Waals surface area (Å²) in [6, 6.07) is 9.95. The number of ketones is 1. The molecule has 10 heteroatoms. The number of ether oxygens (including phenoxy) is 1. The van der Waals surface area contributed by atoms with E-state index in [1.807, 2.05) is 0 Å². The molecule has 0 aliphatic rings. The highest BCUT2D eigenvalue weighted by Crippen LogP contribution is 2.29. The Kier molecular flexibility index (Phi) is 6.71. The molecular formula is C18H21N3O6S. The van der Waals surface area contributed by atoms with E-state index < -0.39 is 20.7 Å². The van der Waals surface area contributed by atoms with Crippen LogP contribution in [-0.4, -0.2) is 50.7 Å². The molecule has 0 spiro atoms. The Morgan fingerprint density at radius 1 is 1.21 bits per heavy atom. The van der Waals surface area contributed by atoms with E-state index in [2.05, 4.69) is 5.32 Å². The third kappa shape index (κ3) is 4.84. The Morgan fingerprint density at radius 2 is 1.93 bits per heavy atom. The number of nitro benzene ring substituents is 1. The van der Waals surface area contributed by atoms with Crippen molar-refractivity contribution in [1.29, 1.82) is 0 Å². The summed E-state index contributed by atoms with van der Waals surface area (Å²) in [5.74, 6) is -0.0494. The summed E-state index contributed by atoms with van der Waals surface area (Å²) in [7, 11) is -0.872. The molecule has 0 amide bonds. The van der Waals surface area contributed by atoms with Gasteiger partial charge in [-0.25, -0.2) is 12.7 Å². The highest BCUT2D eigenvalue weighted by Gasteiger charge is 2.20. The maximum absolute atomic E-state index is 12.5. The number of carbonyl (C=O) groups is 1. The van der Waals surface area contributed by atoms with Crippen LogP contribution in [-0.2, 0) is 10.0 Å². The maximum Gasteiger partial charge on any atom is 0.296 e. The van der Waals surface area contributed by atoms with E-state index in [9.17, 15) is 23.3 Å². The first-order chi connectivity index (χ1) is 13.2. The summed E-state index contributed by atoms with van der Waals surface area (Å²) in [5, 5.41) is 14.0. The number of Topliss-reactive ketones (excluding diaryl/α,β-unsaturated/α-hetero) is 1. The monoisotopic (exact) mass is 407 g/mol. The van der Waals surface area contributed by atoms with Crippen molar-refractivity contribution in [1.82, 2.24) is 4.31 Å². The highest BCUT2D eigenvalue weighted by molar-refractivity contribution is 7.89. The third-order valence-corrected chi connectivity index (χ3v) is 5.66. The fraction of sp³-hybridized carbons (Fsp3) is 0.278. The van der Waals surface area contributed by atoms with E-state index >= 15 is 0 Å². The van der Waals surface area contributed by atoms with Crippen LogP contribution in [0.2, 0.25) is 0 Å². The molecule has 0 atom stereocenters. The van der Waals surface area contributed by atoms with E-state index in [0.717, 1.165) is 4.31 Å². The van der Waals surface area contributed by atoms with Gasteiger partial charge in [-0.2, -0.15) is 0 Å². The average molecular weight is 407 g/mol. The first-order valence-electron chi connectivity index (χ1n) is 8.37. The summed E-state index contributed by atoms with van der Waals surface area (Å²) < 4.78 is 30.7. The minimum atomic E-state index is -3.67. The molecule has 0 heterocycles. The van der Waals surface area contributed by atoms with Crippen molar-refractivity contribution in [3.05, 3.63) is 58.1 Å². The molecule has 0 unspecified atom stereocenters. The molecule has 2 aromatic carbocycles. The van der Waals surface area contributed by atoms with E-state index in [1.54, 1.807) is 13.0 Å². The SMILES string of the molecule is CCOc1ccc(NCC(=O)c2cccc(S(=O)(=O)N(C)C)c2)c([N+](=O)[O-])c1. The summed E-state index contributed by atoms with van der Waals surface area (Å²) in [6.45, 7) is 1.90. The zero-order valence-electron chi connectivity index (χ0n) is 15.7. The van der Waals surface area contributed by atoms with Crippen molar-refractivity contribution in [2.75, 3.05) is 32.6 Å². The quantitative estimate of drug-likeness (QED) is 0.385. The van der Waals surface area contributed by atoms with Crippen LogP contribution in [0.1, 0.15) is 17.3 Å². The summed E-state index contributed by atoms with van der Waals surface area (Å²) >= 11 is 0. The number of nitro groups is 1. The third-order valence-electron chi connectivity index (χ3n) is 3.85. The second-order valence-corrected chi connectivity index (χ2v) is 8.11. The number of benzene rings is 2. The van der Waals surface area contributed by atoms with Crippen LogP contribution in [0, 0.1) is 10.1 Å². The molecule has 28 heavy (non-hydrogen) atoms. The molecule has 2 rings (SSSR count). The number of hydrogen-bond donors (Lipinski definition) is 1. The lowest BCUT2D eigenvalue weighted by Crippen LogP contribution is -2.22. The van der Waals surface area contributed by atoms with Crippen molar-refractivity contribution < 1.29 is 22.9 Å². The lowest BCUT2D eigenvalue weighted by Gasteiger charge is -2.12. The van der Waals surface area contributed by atoms with Gasteiger partial charge in [-0.3, -0.25) is 14.9 Å². The normalized spacial score (nSPS) is 11.3. The first-order valence-corrected chi connectivity index (χ1v) is 9.81. The van der Waals surface area contributed by atoms with E-state index in [4.69, 9.17) is 4.74 Å². The van der Waals surface area contributed by atoms with Gasteiger partial charge < -0.3 is 10.1 Å². The molecule has 2 aromatic rings. The predicted molar refractivity (Wildman–Crippen MR) is 104 cm³/mol. The number of nitrogens with zero attached hydrogens (tertiary/aromatic N) is 2. The zero-order chi connectivity index (χ0) is 20.9. The number of nitrogens with one attached hydrogen (secondary N) is 1. The van der Waals surface area contributed by atoms with Crippen LogP contribution < -0.4 is 10.1 Å². The van der Waals surface area contributed by atoms with Crippen molar-refractivity contribution in [2.45, 2.75) is 11.8 Å². The Morgan fingerprint density at radius 3 is 2.54 bits per heavy atom. The lowest BCUT2D eigenvalue weighted by atomic mass is 10.1. The summed E-state index contributed by atoms with van der Waals surface area (Å²) in [6.07, 6.45) is 0. The molecule has 0 aliphatic heterocycles. The second-order valence-electron chi connectivity index (χ2n) is 5.96. The summed E-state index contributed by atoms with van der Waals surface area (Å²) in [5.41, 5.74) is 0.130. The van der Waals surface area contributed by atoms with Gasteiger partial charge in [-0.15, -0.1) is 0 Å². The highest BCUT2D eigenvalue weighted by atomic mass is 32.2. The number of sulfonamides is 1. The van der Waals surface area contributed by atoms with Gasteiger partial charge in [0.25, 0.3) is 5.69 Å². The fourth-order valence-electron chi connectivity index (χ4n) is 2.39. The van der Waals surface area contributed by atoms with Crippen LogP contribution in [0.5, 0.6) is 5.75 Å². The smallest absolute Gasteiger partial charge is 0.296 e. The molecule has 0 aliphatic carbocycles. The lowest BCUT2D eigenvalue weighted by molar-refractivity contribution is -0.384. The molecule has 0 radical (unpaired) electrons. The van der Waals surface area contributed by atoms with Crippen molar-refractivity contribution in [3.8, 4) is 5.75 Å². The molecule has 150 valence electrons. The first kappa shape index (κ1) is 21.3. The Labute approximate surface area is 163 Å². The van der Waals surface area contributed by atoms with Gasteiger partial charge in [0.05, 0.1) is 29.0 Å². The van der Waals surface area contributed by atoms with Gasteiger partial charge in [-0.05, 0) is 31.2 Å². The van der Waals surface area contributed by atoms with Crippen LogP contribution in [0.25, 0.3) is 0 Å². The van der Waals surface area contributed by atoms with Gasteiger partial charge in [0.2, 0.25) is 10.0 Å². The minimum absolute atomic E-state index is 0.00426. The summed E-state index contributed by atoms with van der Waals surface area (Å²) in [4.78, 5) is 23.1. The van der Waals surface area contributed by atoms with Crippen molar-refractivity contribution in [3.63, 3.8) is 0 Å². The molecule has 1 N–H and O–H groups in total. The number of rotatable bonds is 9. The van der Waals surface area contributed by atoms with Crippen molar-refractivity contribution in [2.24, 2.45) is 0 Å². The number of hydrogen-bond acceptors (Lipinski definition) is 7. The van der Waals surface area contributed by atoms with E-state index in [0.29, 0.717) is 12.4 Å². The zero-order valence-corrected chi connectivity index (χ0v) is 16.5. The van der Waals surface area contributed by atoms with Gasteiger partial charge in [0.1, 0.15) is 11.4 Å². The van der Waals surface area contributed by atoms with Crippen LogP contribution in [0.3, 0.4) is 0 Å². The Bertz CT molecular complexity index is 989. The molecular weight excluding hydrogens is 386 g/mol. The van der Waals surface area contributed by atoms with Gasteiger partial charge >= 0.3 is 0 Å². The van der Waals surface area contributed by atoms with E-state index in [1.165, 1.54) is 50.5 Å². The molecule has 0 saturated carbocycles. The minimum Gasteiger partial charge on any atom is -0.494 e. The van der Waals surface area contributed by atoms with Crippen molar-refractivity contribution >= 4 is 27.2 Å². The van der Waals surface area contributed by atoms with Gasteiger partial charge in [0, 0.05) is 19.7 Å². The molecule has 0 saturated heterocycles. The van der Waals surface area contributed by atoms with E-state index in [-0.39, 0.29) is 28.4 Å². The number of carbonyl (C=O) groups excluding carboxylic acids is 1. The number of anilines is 1. The fourth-order valence-corrected chi connectivity index (χ4v) is 3.33. The molecule has 0 aromatic heterocycles. The molecule has 9 nitrogen and oxygen atoms in total. The molecule has 0 bridgehead atoms. The average Bonchev–Trinajstić information content (AvgIpc) is 2.66. The Hall–Kier alpha value is -2.98. The Balaban J connectivity index is 2.20. The van der Waals surface area contributed by atoms with Gasteiger partial charge in [0.15, 0.2) is 5.78 Å². The van der Waals surface area contributed by atoms with Crippen LogP contribution in [0.4, 0.5) is 11.4 Å². The predicted octanol–water partition coefficient (Wildman–Crippen LogP) is 2.54. The maximum atomic E-state index is 12.5. The van der Waals surface area contributed by atoms with Crippen LogP contribution >= 0.6 is 0 Å². The standard InChI is InChI=1S/C18H21N3O6S/c1-4-27-14-8-9-16(17(11-14)21(23)24)19-12-18(22)13-6-5-7-15(10-13)28(25,26)20(2)3/h5-11,19H,4,12H2,1-3H3. The van der Waals surface area contributed by atoms with Gasteiger partial charge in [-0.1, -0.05) is 12.1 Å².